The molecule has 2 heterocycles. The number of benzene rings is 1. The molecule has 1 saturated heterocycles. The van der Waals surface area contributed by atoms with E-state index in [0.29, 0.717) is 5.01 Å². The van der Waals surface area contributed by atoms with Gasteiger partial charge in [-0.25, -0.2) is 4.79 Å². The SMILES string of the molecule is CC1(c2ccco2)NC(=O)N(NC(=O)c2cccc(Cl)c2Cl)C1=O. The lowest BCUT2D eigenvalue weighted by Gasteiger charge is -2.19. The molecule has 4 amide bonds. The fraction of sp³-hybridized carbons (Fsp3) is 0.133. The molecule has 2 N–H and O–H groups in total. The molecule has 3 rings (SSSR count). The summed E-state index contributed by atoms with van der Waals surface area (Å²) in [5, 5.41) is 3.28. The Morgan fingerprint density at radius 1 is 1.25 bits per heavy atom. The first-order valence-corrected chi connectivity index (χ1v) is 7.56. The van der Waals surface area contributed by atoms with Crippen molar-refractivity contribution in [1.82, 2.24) is 15.8 Å². The molecule has 1 fully saturated rings. The second-order valence-corrected chi connectivity index (χ2v) is 6.00. The third kappa shape index (κ3) is 2.51. The fourth-order valence-corrected chi connectivity index (χ4v) is 2.70. The smallest absolute Gasteiger partial charge is 0.344 e. The quantitative estimate of drug-likeness (QED) is 0.815. The van der Waals surface area contributed by atoms with Crippen molar-refractivity contribution < 1.29 is 18.8 Å². The summed E-state index contributed by atoms with van der Waals surface area (Å²) < 4.78 is 5.20. The van der Waals surface area contributed by atoms with Crippen molar-refractivity contribution in [2.45, 2.75) is 12.5 Å². The first-order chi connectivity index (χ1) is 11.3. The number of hydrogen-bond donors (Lipinski definition) is 2. The van der Waals surface area contributed by atoms with E-state index >= 15 is 0 Å². The van der Waals surface area contributed by atoms with Crippen LogP contribution in [0.15, 0.2) is 41.0 Å². The monoisotopic (exact) mass is 367 g/mol. The number of imide groups is 1. The molecule has 1 aliphatic heterocycles. The van der Waals surface area contributed by atoms with Crippen molar-refractivity contribution in [3.63, 3.8) is 0 Å². The molecule has 1 aromatic heterocycles. The normalized spacial score (nSPS) is 20.2. The second-order valence-electron chi connectivity index (χ2n) is 5.22. The molecule has 0 spiro atoms. The van der Waals surface area contributed by atoms with E-state index in [1.165, 1.54) is 31.4 Å². The maximum absolute atomic E-state index is 12.6. The van der Waals surface area contributed by atoms with Gasteiger partial charge in [0.2, 0.25) is 0 Å². The van der Waals surface area contributed by atoms with Crippen LogP contribution in [0.4, 0.5) is 4.79 Å². The van der Waals surface area contributed by atoms with Crippen LogP contribution >= 0.6 is 23.2 Å². The van der Waals surface area contributed by atoms with Gasteiger partial charge in [-0.05, 0) is 31.2 Å². The summed E-state index contributed by atoms with van der Waals surface area (Å²) in [7, 11) is 0. The number of nitrogens with one attached hydrogen (secondary N) is 2. The van der Waals surface area contributed by atoms with Crippen LogP contribution in [-0.2, 0) is 10.3 Å². The first kappa shape index (κ1) is 16.4. The summed E-state index contributed by atoms with van der Waals surface area (Å²) >= 11 is 11.8. The van der Waals surface area contributed by atoms with E-state index in [1.54, 1.807) is 12.1 Å². The van der Waals surface area contributed by atoms with Gasteiger partial charge in [-0.1, -0.05) is 29.3 Å². The zero-order valence-electron chi connectivity index (χ0n) is 12.3. The molecule has 1 unspecified atom stereocenters. The van der Waals surface area contributed by atoms with E-state index in [4.69, 9.17) is 27.6 Å². The minimum absolute atomic E-state index is 0.0255. The fourth-order valence-electron chi connectivity index (χ4n) is 2.31. The van der Waals surface area contributed by atoms with E-state index < -0.39 is 23.4 Å². The van der Waals surface area contributed by atoms with E-state index in [9.17, 15) is 14.4 Å². The molecule has 0 radical (unpaired) electrons. The number of rotatable bonds is 3. The number of furan rings is 1. The highest BCUT2D eigenvalue weighted by Gasteiger charge is 2.52. The van der Waals surface area contributed by atoms with Gasteiger partial charge in [-0.15, -0.1) is 0 Å². The molecule has 9 heteroatoms. The van der Waals surface area contributed by atoms with Gasteiger partial charge in [-0.2, -0.15) is 5.01 Å². The van der Waals surface area contributed by atoms with Crippen LogP contribution < -0.4 is 10.7 Å². The van der Waals surface area contributed by atoms with Crippen molar-refractivity contribution in [3.8, 4) is 0 Å². The minimum Gasteiger partial charge on any atom is -0.466 e. The Bertz CT molecular complexity index is 837. The summed E-state index contributed by atoms with van der Waals surface area (Å²) in [5.41, 5.74) is 0.856. The molecule has 0 aliphatic carbocycles. The molecule has 24 heavy (non-hydrogen) atoms. The summed E-state index contributed by atoms with van der Waals surface area (Å²) in [5.74, 6) is -1.18. The van der Waals surface area contributed by atoms with Crippen molar-refractivity contribution in [2.24, 2.45) is 0 Å². The number of hydrazine groups is 1. The van der Waals surface area contributed by atoms with Crippen LogP contribution in [0.3, 0.4) is 0 Å². The van der Waals surface area contributed by atoms with E-state index in [2.05, 4.69) is 10.7 Å². The average molecular weight is 368 g/mol. The van der Waals surface area contributed by atoms with Gasteiger partial charge in [0.15, 0.2) is 5.54 Å². The third-order valence-electron chi connectivity index (χ3n) is 3.61. The number of nitrogens with zero attached hydrogens (tertiary/aromatic N) is 1. The van der Waals surface area contributed by atoms with Crippen LogP contribution in [0.25, 0.3) is 0 Å². The lowest BCUT2D eigenvalue weighted by molar-refractivity contribution is -0.133. The van der Waals surface area contributed by atoms with Gasteiger partial charge in [0.25, 0.3) is 11.8 Å². The van der Waals surface area contributed by atoms with E-state index in [1.807, 2.05) is 0 Å². The van der Waals surface area contributed by atoms with Crippen molar-refractivity contribution >= 4 is 41.0 Å². The van der Waals surface area contributed by atoms with Gasteiger partial charge in [0.05, 0.1) is 21.9 Å². The summed E-state index contributed by atoms with van der Waals surface area (Å²) in [4.78, 5) is 37.0. The topological polar surface area (TPSA) is 91.7 Å². The molecule has 124 valence electrons. The largest absolute Gasteiger partial charge is 0.466 e. The zero-order valence-corrected chi connectivity index (χ0v) is 13.8. The number of amides is 4. The Kier molecular flexibility index (Phi) is 3.98. The lowest BCUT2D eigenvalue weighted by atomic mass is 10.00. The molecule has 1 aliphatic rings. The molecule has 7 nitrogen and oxygen atoms in total. The molecule has 0 saturated carbocycles. The first-order valence-electron chi connectivity index (χ1n) is 6.80. The average Bonchev–Trinajstić information content (AvgIpc) is 3.14. The predicted octanol–water partition coefficient (Wildman–Crippen LogP) is 2.70. The van der Waals surface area contributed by atoms with Gasteiger partial charge < -0.3 is 9.73 Å². The molecule has 1 atom stereocenters. The van der Waals surface area contributed by atoms with Crippen LogP contribution in [0, 0.1) is 0 Å². The lowest BCUT2D eigenvalue weighted by Crippen LogP contribution is -2.47. The molecule has 1 aromatic carbocycles. The Balaban J connectivity index is 1.86. The van der Waals surface area contributed by atoms with Crippen molar-refractivity contribution in [3.05, 3.63) is 58.0 Å². The number of carbonyl (C=O) groups excluding carboxylic acids is 3. The number of halogens is 2. The maximum atomic E-state index is 12.6. The van der Waals surface area contributed by atoms with Crippen molar-refractivity contribution in [1.29, 1.82) is 0 Å². The molecular weight excluding hydrogens is 357 g/mol. The summed E-state index contributed by atoms with van der Waals surface area (Å²) in [6.07, 6.45) is 1.38. The predicted molar refractivity (Wildman–Crippen MR) is 85.4 cm³/mol. The highest BCUT2D eigenvalue weighted by molar-refractivity contribution is 6.43. The zero-order chi connectivity index (χ0) is 17.5. The summed E-state index contributed by atoms with van der Waals surface area (Å²) in [6, 6.07) is 6.83. The Morgan fingerprint density at radius 3 is 2.67 bits per heavy atom. The van der Waals surface area contributed by atoms with Gasteiger partial charge >= 0.3 is 6.03 Å². The highest BCUT2D eigenvalue weighted by atomic mass is 35.5. The highest BCUT2D eigenvalue weighted by Crippen LogP contribution is 2.29. The second kappa shape index (κ2) is 5.85. The van der Waals surface area contributed by atoms with Crippen LogP contribution in [0.1, 0.15) is 23.0 Å². The Hall–Kier alpha value is -2.51. The maximum Gasteiger partial charge on any atom is 0.344 e. The van der Waals surface area contributed by atoms with Crippen LogP contribution in [0.2, 0.25) is 10.0 Å². The Labute approximate surface area is 146 Å². The Morgan fingerprint density at radius 2 is 2.00 bits per heavy atom. The van der Waals surface area contributed by atoms with Gasteiger partial charge in [0.1, 0.15) is 5.76 Å². The van der Waals surface area contributed by atoms with Crippen molar-refractivity contribution in [2.75, 3.05) is 0 Å². The third-order valence-corrected chi connectivity index (χ3v) is 4.43. The molecule has 2 aromatic rings. The number of hydrogen-bond acceptors (Lipinski definition) is 4. The van der Waals surface area contributed by atoms with Gasteiger partial charge in [0, 0.05) is 0 Å². The number of urea groups is 1. The van der Waals surface area contributed by atoms with Crippen LogP contribution in [0.5, 0.6) is 0 Å². The minimum atomic E-state index is -1.41. The van der Waals surface area contributed by atoms with Crippen LogP contribution in [-0.4, -0.2) is 22.9 Å². The standard InChI is InChI=1S/C15H11Cl2N3O4/c1-15(10-6-3-7-24-10)13(22)20(14(23)18-15)19-12(21)8-4-2-5-9(16)11(8)17/h2-7H,1H3,(H,18,23)(H,19,21). The molecular formula is C15H11Cl2N3O4. The van der Waals surface area contributed by atoms with E-state index in [0.717, 1.165) is 0 Å². The van der Waals surface area contributed by atoms with E-state index in [-0.39, 0.29) is 21.4 Å². The number of carbonyl (C=O) groups is 3. The molecule has 0 bridgehead atoms. The summed E-state index contributed by atoms with van der Waals surface area (Å²) in [6.45, 7) is 1.48. The van der Waals surface area contributed by atoms with Gasteiger partial charge in [-0.3, -0.25) is 15.0 Å².